The van der Waals surface area contributed by atoms with Gasteiger partial charge < -0.3 is 9.73 Å². The van der Waals surface area contributed by atoms with Gasteiger partial charge in [0.25, 0.3) is 0 Å². The van der Waals surface area contributed by atoms with Crippen LogP contribution in [0.3, 0.4) is 0 Å². The summed E-state index contributed by atoms with van der Waals surface area (Å²) in [6, 6.07) is 12.2. The highest BCUT2D eigenvalue weighted by molar-refractivity contribution is 7.16. The third-order valence-corrected chi connectivity index (χ3v) is 4.67. The number of para-hydroxylation sites is 1. The highest BCUT2D eigenvalue weighted by Gasteiger charge is 2.09. The van der Waals surface area contributed by atoms with Crippen LogP contribution in [0.2, 0.25) is 4.34 Å². The van der Waals surface area contributed by atoms with E-state index in [-0.39, 0.29) is 0 Å². The van der Waals surface area contributed by atoms with Gasteiger partial charge in [-0.15, -0.1) is 11.3 Å². The molecule has 1 N–H and O–H groups in total. The van der Waals surface area contributed by atoms with Crippen LogP contribution in [0.15, 0.2) is 40.8 Å². The quantitative estimate of drug-likeness (QED) is 0.686. The van der Waals surface area contributed by atoms with Crippen molar-refractivity contribution in [3.63, 3.8) is 0 Å². The van der Waals surface area contributed by atoms with Crippen LogP contribution in [0, 0.1) is 6.92 Å². The molecule has 0 spiro atoms. The van der Waals surface area contributed by atoms with Gasteiger partial charge in [-0.1, -0.05) is 29.8 Å². The van der Waals surface area contributed by atoms with E-state index in [2.05, 4.69) is 23.5 Å². The minimum atomic E-state index is 0.835. The van der Waals surface area contributed by atoms with Crippen molar-refractivity contribution in [1.82, 2.24) is 5.32 Å². The molecule has 0 unspecified atom stereocenters. The second kappa shape index (κ2) is 6.00. The molecule has 2 aromatic heterocycles. The number of halogens is 1. The van der Waals surface area contributed by atoms with E-state index in [0.29, 0.717) is 0 Å². The second-order valence-electron chi connectivity index (χ2n) is 4.77. The van der Waals surface area contributed by atoms with Crippen molar-refractivity contribution in [3.8, 4) is 0 Å². The van der Waals surface area contributed by atoms with Gasteiger partial charge in [-0.05, 0) is 31.5 Å². The molecule has 0 amide bonds. The minimum absolute atomic E-state index is 0.835. The smallest absolute Gasteiger partial charge is 0.134 e. The first-order chi connectivity index (χ1) is 9.74. The largest absolute Gasteiger partial charge is 0.461 e. The first kappa shape index (κ1) is 13.7. The second-order valence-corrected chi connectivity index (χ2v) is 6.57. The SMILES string of the molecule is Cc1oc2ccccc2c1CNCCc1ccc(Cl)s1. The van der Waals surface area contributed by atoms with Crippen LogP contribution in [0.4, 0.5) is 0 Å². The first-order valence-electron chi connectivity index (χ1n) is 6.66. The normalized spacial score (nSPS) is 11.3. The number of rotatable bonds is 5. The van der Waals surface area contributed by atoms with Gasteiger partial charge in [0.15, 0.2) is 0 Å². The van der Waals surface area contributed by atoms with Gasteiger partial charge in [-0.2, -0.15) is 0 Å². The fourth-order valence-electron chi connectivity index (χ4n) is 2.35. The molecule has 0 aliphatic heterocycles. The fraction of sp³-hybridized carbons (Fsp3) is 0.250. The van der Waals surface area contributed by atoms with Crippen LogP contribution in [-0.2, 0) is 13.0 Å². The lowest BCUT2D eigenvalue weighted by atomic mass is 10.1. The maximum atomic E-state index is 5.93. The average Bonchev–Trinajstić information content (AvgIpc) is 2.98. The predicted molar refractivity (Wildman–Crippen MR) is 85.7 cm³/mol. The molecule has 2 nitrogen and oxygen atoms in total. The zero-order valence-corrected chi connectivity index (χ0v) is 12.9. The number of hydrogen-bond donors (Lipinski definition) is 1. The summed E-state index contributed by atoms with van der Waals surface area (Å²) in [7, 11) is 0. The summed E-state index contributed by atoms with van der Waals surface area (Å²) < 4.78 is 6.62. The third-order valence-electron chi connectivity index (χ3n) is 3.38. The standard InChI is InChI=1S/C16H16ClNOS/c1-11-14(13-4-2-3-5-15(13)19-11)10-18-9-8-12-6-7-16(17)20-12/h2-7,18H,8-10H2,1H3. The zero-order valence-electron chi connectivity index (χ0n) is 11.3. The number of hydrogen-bond acceptors (Lipinski definition) is 3. The Labute approximate surface area is 127 Å². The molecule has 0 atom stereocenters. The van der Waals surface area contributed by atoms with Gasteiger partial charge in [-0.25, -0.2) is 0 Å². The maximum Gasteiger partial charge on any atom is 0.134 e. The van der Waals surface area contributed by atoms with Gasteiger partial charge in [-0.3, -0.25) is 0 Å². The van der Waals surface area contributed by atoms with E-state index in [4.69, 9.17) is 16.0 Å². The van der Waals surface area contributed by atoms with Crippen molar-refractivity contribution in [2.75, 3.05) is 6.54 Å². The number of thiophene rings is 1. The number of aryl methyl sites for hydroxylation is 1. The highest BCUT2D eigenvalue weighted by Crippen LogP contribution is 2.25. The Morgan fingerprint density at radius 3 is 2.85 bits per heavy atom. The van der Waals surface area contributed by atoms with Crippen LogP contribution in [0.25, 0.3) is 11.0 Å². The Kier molecular flexibility index (Phi) is 4.10. The number of nitrogens with one attached hydrogen (secondary N) is 1. The van der Waals surface area contributed by atoms with E-state index in [1.165, 1.54) is 15.8 Å². The molecular weight excluding hydrogens is 290 g/mol. The monoisotopic (exact) mass is 305 g/mol. The van der Waals surface area contributed by atoms with Crippen molar-refractivity contribution in [1.29, 1.82) is 0 Å². The molecule has 0 aliphatic rings. The maximum absolute atomic E-state index is 5.93. The molecule has 3 rings (SSSR count). The summed E-state index contributed by atoms with van der Waals surface area (Å²) in [6.07, 6.45) is 1.01. The van der Waals surface area contributed by atoms with Crippen molar-refractivity contribution < 1.29 is 4.42 Å². The molecule has 0 saturated carbocycles. The zero-order chi connectivity index (χ0) is 13.9. The molecule has 0 saturated heterocycles. The Morgan fingerprint density at radius 1 is 1.20 bits per heavy atom. The molecule has 20 heavy (non-hydrogen) atoms. The van der Waals surface area contributed by atoms with E-state index in [0.717, 1.165) is 35.2 Å². The molecule has 3 aromatic rings. The van der Waals surface area contributed by atoms with E-state index in [1.807, 2.05) is 25.1 Å². The van der Waals surface area contributed by atoms with E-state index in [1.54, 1.807) is 11.3 Å². The summed E-state index contributed by atoms with van der Waals surface area (Å²) in [5.74, 6) is 0.998. The van der Waals surface area contributed by atoms with Crippen molar-refractivity contribution in [2.45, 2.75) is 19.9 Å². The van der Waals surface area contributed by atoms with Crippen LogP contribution in [-0.4, -0.2) is 6.54 Å². The van der Waals surface area contributed by atoms with E-state index >= 15 is 0 Å². The molecule has 0 aliphatic carbocycles. The molecular formula is C16H16ClNOS. The van der Waals surface area contributed by atoms with Gasteiger partial charge in [0.2, 0.25) is 0 Å². The lowest BCUT2D eigenvalue weighted by Gasteiger charge is -2.03. The van der Waals surface area contributed by atoms with E-state index < -0.39 is 0 Å². The van der Waals surface area contributed by atoms with Gasteiger partial charge in [0, 0.05) is 28.9 Å². The number of furan rings is 1. The Hall–Kier alpha value is -1.29. The van der Waals surface area contributed by atoms with Crippen LogP contribution in [0.1, 0.15) is 16.2 Å². The lowest BCUT2D eigenvalue weighted by molar-refractivity contribution is 0.565. The minimum Gasteiger partial charge on any atom is -0.461 e. The summed E-state index contributed by atoms with van der Waals surface area (Å²) in [5, 5.41) is 4.69. The van der Waals surface area contributed by atoms with Gasteiger partial charge in [0.1, 0.15) is 11.3 Å². The lowest BCUT2D eigenvalue weighted by Crippen LogP contribution is -2.16. The van der Waals surface area contributed by atoms with Crippen LogP contribution < -0.4 is 5.32 Å². The topological polar surface area (TPSA) is 25.2 Å². The average molecular weight is 306 g/mol. The fourth-order valence-corrected chi connectivity index (χ4v) is 3.44. The summed E-state index contributed by atoms with van der Waals surface area (Å²) in [4.78, 5) is 1.32. The van der Waals surface area contributed by atoms with Crippen LogP contribution in [0.5, 0.6) is 0 Å². The number of fused-ring (bicyclic) bond motifs is 1. The molecule has 0 radical (unpaired) electrons. The molecule has 1 aromatic carbocycles. The van der Waals surface area contributed by atoms with Crippen molar-refractivity contribution >= 4 is 33.9 Å². The highest BCUT2D eigenvalue weighted by atomic mass is 35.5. The summed E-state index contributed by atoms with van der Waals surface area (Å²) in [5.41, 5.74) is 2.22. The molecule has 2 heterocycles. The van der Waals surface area contributed by atoms with Crippen molar-refractivity contribution in [3.05, 3.63) is 56.9 Å². The Bertz CT molecular complexity index is 716. The Morgan fingerprint density at radius 2 is 2.05 bits per heavy atom. The summed E-state index contributed by atoms with van der Waals surface area (Å²) >= 11 is 7.57. The Balaban J connectivity index is 1.61. The van der Waals surface area contributed by atoms with Crippen molar-refractivity contribution in [2.24, 2.45) is 0 Å². The first-order valence-corrected chi connectivity index (χ1v) is 7.85. The molecule has 104 valence electrons. The van der Waals surface area contributed by atoms with E-state index in [9.17, 15) is 0 Å². The van der Waals surface area contributed by atoms with Gasteiger partial charge >= 0.3 is 0 Å². The van der Waals surface area contributed by atoms with Gasteiger partial charge in [0.05, 0.1) is 4.34 Å². The molecule has 4 heteroatoms. The van der Waals surface area contributed by atoms with Crippen LogP contribution >= 0.6 is 22.9 Å². The molecule has 0 fully saturated rings. The molecule has 0 bridgehead atoms. The number of benzene rings is 1. The third kappa shape index (κ3) is 2.90. The predicted octanol–water partition coefficient (Wildman–Crippen LogP) is 4.79. The summed E-state index contributed by atoms with van der Waals surface area (Å²) in [6.45, 7) is 3.80.